The Morgan fingerprint density at radius 2 is 2.00 bits per heavy atom. The zero-order valence-corrected chi connectivity index (χ0v) is 12.0. The van der Waals surface area contributed by atoms with Crippen LogP contribution in [-0.4, -0.2) is 11.8 Å². The Balaban J connectivity index is 2.75. The average Bonchev–Trinajstić information content (AvgIpc) is 2.28. The first-order chi connectivity index (χ1) is 8.34. The van der Waals surface area contributed by atoms with Crippen LogP contribution in [0.4, 0.5) is 0 Å². The number of carbonyl (C=O) groups excluding carboxylic acids is 1. The summed E-state index contributed by atoms with van der Waals surface area (Å²) in [4.78, 5) is 12.2. The van der Waals surface area contributed by atoms with Gasteiger partial charge in [0.25, 0.3) is 0 Å². The lowest BCUT2D eigenvalue weighted by Crippen LogP contribution is -2.36. The van der Waals surface area contributed by atoms with Crippen LogP contribution in [0.2, 0.25) is 0 Å². The zero-order valence-electron chi connectivity index (χ0n) is 12.0. The fraction of sp³-hybridized carbons (Fsp3) is 0.562. The third kappa shape index (κ3) is 4.26. The van der Waals surface area contributed by atoms with Gasteiger partial charge in [-0.2, -0.15) is 0 Å². The van der Waals surface area contributed by atoms with Crippen molar-refractivity contribution in [2.75, 3.05) is 0 Å². The Kier molecular flexibility index (Phi) is 5.09. The van der Waals surface area contributed by atoms with Crippen LogP contribution < -0.4 is 5.73 Å². The molecule has 0 amide bonds. The fourth-order valence-electron chi connectivity index (χ4n) is 1.81. The Morgan fingerprint density at radius 3 is 2.56 bits per heavy atom. The number of Topliss-reactive ketones (excluding diaryl/α,β-unsaturated/α-hetero) is 1. The van der Waals surface area contributed by atoms with E-state index in [2.05, 4.69) is 33.8 Å². The topological polar surface area (TPSA) is 43.1 Å². The summed E-state index contributed by atoms with van der Waals surface area (Å²) in [6.45, 7) is 8.35. The van der Waals surface area contributed by atoms with E-state index in [-0.39, 0.29) is 17.2 Å². The van der Waals surface area contributed by atoms with Crippen LogP contribution in [-0.2, 0) is 6.42 Å². The molecule has 0 saturated heterocycles. The van der Waals surface area contributed by atoms with Crippen LogP contribution in [0, 0.1) is 5.41 Å². The number of carbonyl (C=O) groups is 1. The Labute approximate surface area is 111 Å². The molecule has 0 aliphatic heterocycles. The maximum atomic E-state index is 12.2. The lowest BCUT2D eigenvalue weighted by Gasteiger charge is -2.26. The molecule has 0 aromatic heterocycles. The van der Waals surface area contributed by atoms with Gasteiger partial charge in [-0.3, -0.25) is 4.79 Å². The molecule has 2 heteroatoms. The minimum absolute atomic E-state index is 0.0311. The molecule has 1 aromatic rings. The van der Waals surface area contributed by atoms with Crippen LogP contribution in [0.25, 0.3) is 0 Å². The fourth-order valence-corrected chi connectivity index (χ4v) is 1.81. The van der Waals surface area contributed by atoms with Gasteiger partial charge in [0.15, 0.2) is 5.78 Å². The van der Waals surface area contributed by atoms with Crippen LogP contribution in [0.5, 0.6) is 0 Å². The standard InChI is InChI=1S/C16H25NO/c1-5-7-12-8-6-9-13(10-12)14(18)11-15(17)16(2,3)4/h6,8-10,15H,5,7,11,17H2,1-4H3. The third-order valence-electron chi connectivity index (χ3n) is 3.31. The molecule has 2 N–H and O–H groups in total. The molecule has 0 radical (unpaired) electrons. The van der Waals surface area contributed by atoms with Gasteiger partial charge < -0.3 is 5.73 Å². The predicted molar refractivity (Wildman–Crippen MR) is 76.8 cm³/mol. The minimum Gasteiger partial charge on any atom is -0.327 e. The third-order valence-corrected chi connectivity index (χ3v) is 3.31. The second kappa shape index (κ2) is 6.14. The zero-order chi connectivity index (χ0) is 13.8. The molecule has 1 rings (SSSR count). The summed E-state index contributed by atoms with van der Waals surface area (Å²) < 4.78 is 0. The first-order valence-corrected chi connectivity index (χ1v) is 6.72. The summed E-state index contributed by atoms with van der Waals surface area (Å²) in [5.74, 6) is 0.148. The van der Waals surface area contributed by atoms with E-state index < -0.39 is 0 Å². The van der Waals surface area contributed by atoms with Crippen LogP contribution in [0.3, 0.4) is 0 Å². The Bertz CT molecular complexity index is 404. The SMILES string of the molecule is CCCc1cccc(C(=O)CC(N)C(C)(C)C)c1. The van der Waals surface area contributed by atoms with Gasteiger partial charge in [0.1, 0.15) is 0 Å². The molecule has 0 spiro atoms. The van der Waals surface area contributed by atoms with Crippen molar-refractivity contribution in [1.82, 2.24) is 0 Å². The van der Waals surface area contributed by atoms with Crippen molar-refractivity contribution in [2.24, 2.45) is 11.1 Å². The maximum absolute atomic E-state index is 12.2. The molecule has 0 fully saturated rings. The quantitative estimate of drug-likeness (QED) is 0.808. The number of ketones is 1. The molecule has 0 aliphatic carbocycles. The number of nitrogens with two attached hydrogens (primary N) is 1. The highest BCUT2D eigenvalue weighted by atomic mass is 16.1. The van der Waals surface area contributed by atoms with Crippen molar-refractivity contribution in [3.63, 3.8) is 0 Å². The summed E-state index contributed by atoms with van der Waals surface area (Å²) in [6, 6.07) is 7.82. The molecule has 1 aromatic carbocycles. The van der Waals surface area contributed by atoms with Gasteiger partial charge in [0.05, 0.1) is 0 Å². The summed E-state index contributed by atoms with van der Waals surface area (Å²) >= 11 is 0. The van der Waals surface area contributed by atoms with Gasteiger partial charge in [0, 0.05) is 18.0 Å². The van der Waals surface area contributed by atoms with Gasteiger partial charge in [-0.1, -0.05) is 52.3 Å². The maximum Gasteiger partial charge on any atom is 0.164 e. The first kappa shape index (κ1) is 14.9. The monoisotopic (exact) mass is 247 g/mol. The van der Waals surface area contributed by atoms with Crippen molar-refractivity contribution >= 4 is 5.78 Å². The van der Waals surface area contributed by atoms with Crippen molar-refractivity contribution < 1.29 is 4.79 Å². The van der Waals surface area contributed by atoms with Crippen LogP contribution >= 0.6 is 0 Å². The summed E-state index contributed by atoms with van der Waals surface area (Å²) in [6.07, 6.45) is 2.53. The second-order valence-corrected chi connectivity index (χ2v) is 6.05. The lowest BCUT2D eigenvalue weighted by molar-refractivity contribution is 0.0953. The number of hydrogen-bond donors (Lipinski definition) is 1. The normalized spacial score (nSPS) is 13.4. The molecule has 2 nitrogen and oxygen atoms in total. The highest BCUT2D eigenvalue weighted by Crippen LogP contribution is 2.21. The molecule has 0 heterocycles. The van der Waals surface area contributed by atoms with Crippen molar-refractivity contribution in [2.45, 2.75) is 53.0 Å². The van der Waals surface area contributed by atoms with Gasteiger partial charge in [-0.15, -0.1) is 0 Å². The number of hydrogen-bond acceptors (Lipinski definition) is 2. The van der Waals surface area contributed by atoms with E-state index in [1.807, 2.05) is 18.2 Å². The molecule has 1 atom stereocenters. The molecule has 18 heavy (non-hydrogen) atoms. The minimum atomic E-state index is -0.0974. The molecule has 0 saturated carbocycles. The van der Waals surface area contributed by atoms with E-state index >= 15 is 0 Å². The van der Waals surface area contributed by atoms with Gasteiger partial charge in [-0.25, -0.2) is 0 Å². The van der Waals surface area contributed by atoms with E-state index in [0.29, 0.717) is 6.42 Å². The van der Waals surface area contributed by atoms with E-state index in [1.54, 1.807) is 0 Å². The van der Waals surface area contributed by atoms with Gasteiger partial charge in [0.2, 0.25) is 0 Å². The largest absolute Gasteiger partial charge is 0.327 e. The van der Waals surface area contributed by atoms with Gasteiger partial charge in [-0.05, 0) is 23.5 Å². The van der Waals surface area contributed by atoms with Gasteiger partial charge >= 0.3 is 0 Å². The smallest absolute Gasteiger partial charge is 0.164 e. The molecule has 1 unspecified atom stereocenters. The molecular formula is C16H25NO. The lowest BCUT2D eigenvalue weighted by atomic mass is 9.83. The van der Waals surface area contributed by atoms with Crippen LogP contribution in [0.15, 0.2) is 24.3 Å². The second-order valence-electron chi connectivity index (χ2n) is 6.05. The first-order valence-electron chi connectivity index (χ1n) is 6.72. The number of aryl methyl sites for hydroxylation is 1. The Morgan fingerprint density at radius 1 is 1.33 bits per heavy atom. The summed E-state index contributed by atoms with van der Waals surface area (Å²) in [7, 11) is 0. The van der Waals surface area contributed by atoms with Crippen molar-refractivity contribution in [3.8, 4) is 0 Å². The van der Waals surface area contributed by atoms with Crippen LogP contribution in [0.1, 0.15) is 56.5 Å². The highest BCUT2D eigenvalue weighted by molar-refractivity contribution is 5.96. The van der Waals surface area contributed by atoms with Crippen molar-refractivity contribution in [1.29, 1.82) is 0 Å². The number of rotatable bonds is 5. The van der Waals surface area contributed by atoms with E-state index in [4.69, 9.17) is 5.73 Å². The predicted octanol–water partition coefficient (Wildman–Crippen LogP) is 3.59. The molecule has 0 aliphatic rings. The van der Waals surface area contributed by atoms with E-state index in [1.165, 1.54) is 5.56 Å². The molecule has 100 valence electrons. The summed E-state index contributed by atoms with van der Waals surface area (Å²) in [5, 5.41) is 0. The van der Waals surface area contributed by atoms with E-state index in [0.717, 1.165) is 18.4 Å². The van der Waals surface area contributed by atoms with E-state index in [9.17, 15) is 4.79 Å². The number of benzene rings is 1. The molecular weight excluding hydrogens is 222 g/mol. The summed E-state index contributed by atoms with van der Waals surface area (Å²) in [5.41, 5.74) is 8.06. The van der Waals surface area contributed by atoms with Crippen molar-refractivity contribution in [3.05, 3.63) is 35.4 Å². The molecule has 0 bridgehead atoms. The Hall–Kier alpha value is -1.15. The average molecular weight is 247 g/mol. The highest BCUT2D eigenvalue weighted by Gasteiger charge is 2.23.